The normalized spacial score (nSPS) is 21.5. The Labute approximate surface area is 162 Å². The van der Waals surface area contributed by atoms with Crippen molar-refractivity contribution in [1.29, 1.82) is 0 Å². The molecule has 6 nitrogen and oxygen atoms in total. The van der Waals surface area contributed by atoms with Crippen LogP contribution in [0.2, 0.25) is 0 Å². The van der Waals surface area contributed by atoms with E-state index < -0.39 is 10.3 Å². The van der Waals surface area contributed by atoms with Crippen molar-refractivity contribution in [3.63, 3.8) is 0 Å². The van der Waals surface area contributed by atoms with E-state index >= 15 is 0 Å². The highest BCUT2D eigenvalue weighted by Gasteiger charge is 2.41. The van der Waals surface area contributed by atoms with Gasteiger partial charge in [0.25, 0.3) is 6.47 Å². The second kappa shape index (κ2) is 10.5. The lowest BCUT2D eigenvalue weighted by molar-refractivity contribution is -0.151. The minimum absolute atomic E-state index is 0.0764. The van der Waals surface area contributed by atoms with Crippen LogP contribution >= 0.6 is 10.3 Å². The summed E-state index contributed by atoms with van der Waals surface area (Å²) < 4.78 is 18.8. The lowest BCUT2D eigenvalue weighted by Crippen LogP contribution is -2.46. The van der Waals surface area contributed by atoms with E-state index in [0.29, 0.717) is 6.47 Å². The molecule has 0 aliphatic carbocycles. The summed E-state index contributed by atoms with van der Waals surface area (Å²) in [4.78, 5) is 22.9. The number of nitrogens with zero attached hydrogens (tertiary/aromatic N) is 1. The van der Waals surface area contributed by atoms with Crippen molar-refractivity contribution in [2.75, 3.05) is 33.2 Å². The summed E-state index contributed by atoms with van der Waals surface area (Å²) in [7, 11) is 2.07. The van der Waals surface area contributed by atoms with Crippen molar-refractivity contribution in [2.24, 2.45) is 0 Å². The fourth-order valence-electron chi connectivity index (χ4n) is 1.72. The minimum Gasteiger partial charge on any atom is -0.468 e. The topological polar surface area (TPSA) is 76.1 Å². The van der Waals surface area contributed by atoms with Crippen molar-refractivity contribution in [2.45, 2.75) is 77.2 Å². The molecule has 1 saturated heterocycles. The molecule has 1 fully saturated rings. The third-order valence-corrected chi connectivity index (χ3v) is 7.52. The molecule has 1 heterocycles. The average Bonchev–Trinajstić information content (AvgIpc) is 2.77. The molecule has 0 aromatic rings. The van der Waals surface area contributed by atoms with Crippen LogP contribution in [0, 0.1) is 0 Å². The van der Waals surface area contributed by atoms with E-state index in [1.807, 2.05) is 47.3 Å². The maximum Gasteiger partial charge on any atom is 0.325 e. The highest BCUT2D eigenvalue weighted by Crippen LogP contribution is 2.48. The Hall–Kier alpha value is -0.790. The number of hydrogen-bond acceptors (Lipinski definition) is 6. The molecule has 26 heavy (non-hydrogen) atoms. The molecule has 1 atom stereocenters. The van der Waals surface area contributed by atoms with Gasteiger partial charge in [-0.05, 0) is 66.6 Å². The molecule has 0 saturated carbocycles. The number of likely N-dealkylation sites (N-methyl/N-ethyl adjacent to an activating group) is 1. The number of esters is 1. The van der Waals surface area contributed by atoms with Crippen LogP contribution in [0.25, 0.3) is 0 Å². The van der Waals surface area contributed by atoms with Gasteiger partial charge in [-0.2, -0.15) is 0 Å². The summed E-state index contributed by atoms with van der Waals surface area (Å²) in [6.45, 7) is 15.0. The first-order chi connectivity index (χ1) is 11.4. The zero-order chi connectivity index (χ0) is 21.4. The summed E-state index contributed by atoms with van der Waals surface area (Å²) in [5.74, 6) is -0.113. The van der Waals surface area contributed by atoms with Crippen LogP contribution in [-0.4, -0.2) is 71.0 Å². The molecule has 0 bridgehead atoms. The Balaban J connectivity index is 0. The van der Waals surface area contributed by atoms with Gasteiger partial charge in [-0.1, -0.05) is 20.8 Å². The fraction of sp³-hybridized carbons (Fsp3) is 0.895. The largest absolute Gasteiger partial charge is 0.468 e. The van der Waals surface area contributed by atoms with Gasteiger partial charge in [-0.25, -0.2) is 0 Å². The first kappa shape index (κ1) is 27.4. The summed E-state index contributed by atoms with van der Waals surface area (Å²) in [5, 5.41) is 0. The number of likely N-dealkylation sites (tertiary alicyclic amines) is 1. The van der Waals surface area contributed by atoms with Gasteiger partial charge >= 0.3 is 5.97 Å². The number of ether oxygens (including phenoxy) is 2. The molecular weight excluding hydrogens is 354 g/mol. The first-order valence-corrected chi connectivity index (χ1v) is 11.2. The van der Waals surface area contributed by atoms with Crippen molar-refractivity contribution in [3.05, 3.63) is 0 Å². The molecule has 7 heteroatoms. The van der Waals surface area contributed by atoms with Gasteiger partial charge in [0, 0.05) is 4.75 Å². The van der Waals surface area contributed by atoms with E-state index in [2.05, 4.69) is 30.4 Å². The number of carbonyl (C=O) groups excluding carboxylic acids is 2. The molecule has 0 aromatic carbocycles. The highest BCUT2D eigenvalue weighted by atomic mass is 32.3. The molecule has 0 amide bonds. The van der Waals surface area contributed by atoms with Crippen LogP contribution < -0.4 is 0 Å². The second-order valence-electron chi connectivity index (χ2n) is 9.00. The highest BCUT2D eigenvalue weighted by molar-refractivity contribution is 8.29. The molecule has 1 aliphatic heterocycles. The van der Waals surface area contributed by atoms with E-state index in [1.165, 1.54) is 7.11 Å². The summed E-state index contributed by atoms with van der Waals surface area (Å²) in [6, 6.07) is 0. The van der Waals surface area contributed by atoms with Crippen LogP contribution in [0.5, 0.6) is 0 Å². The van der Waals surface area contributed by atoms with Crippen molar-refractivity contribution in [1.82, 2.24) is 4.90 Å². The zero-order valence-electron chi connectivity index (χ0n) is 18.6. The Morgan fingerprint density at radius 2 is 1.62 bits per heavy atom. The second-order valence-corrected chi connectivity index (χ2v) is 12.8. The van der Waals surface area contributed by atoms with Gasteiger partial charge in [0.1, 0.15) is 11.1 Å². The van der Waals surface area contributed by atoms with Gasteiger partial charge in [0.2, 0.25) is 0 Å². The molecule has 158 valence electrons. The predicted octanol–water partition coefficient (Wildman–Crippen LogP) is 3.92. The SMILES string of the molecule is CC(C)(C)OC=O.CC(C)(C)S(C)(C)O.COC(=O)[C@]1(C)CCCN1C. The molecule has 0 spiro atoms. The Morgan fingerprint density at radius 1 is 1.19 bits per heavy atom. The monoisotopic (exact) mass is 395 g/mol. The fourth-order valence-corrected chi connectivity index (χ4v) is 1.72. The van der Waals surface area contributed by atoms with Gasteiger partial charge in [-0.3, -0.25) is 14.5 Å². The molecule has 1 N–H and O–H groups in total. The van der Waals surface area contributed by atoms with E-state index in [1.54, 1.807) is 0 Å². The Morgan fingerprint density at radius 3 is 1.77 bits per heavy atom. The van der Waals surface area contributed by atoms with E-state index in [-0.39, 0.29) is 21.9 Å². The molecule has 1 aliphatic rings. The van der Waals surface area contributed by atoms with Gasteiger partial charge in [0.05, 0.1) is 7.11 Å². The summed E-state index contributed by atoms with van der Waals surface area (Å²) in [6.07, 6.45) is 5.82. The lowest BCUT2D eigenvalue weighted by Gasteiger charge is -2.38. The summed E-state index contributed by atoms with van der Waals surface area (Å²) >= 11 is 0. The maximum atomic E-state index is 11.3. The van der Waals surface area contributed by atoms with E-state index in [4.69, 9.17) is 4.74 Å². The van der Waals surface area contributed by atoms with Gasteiger partial charge in [0.15, 0.2) is 0 Å². The predicted molar refractivity (Wildman–Crippen MR) is 111 cm³/mol. The zero-order valence-corrected chi connectivity index (χ0v) is 19.5. The van der Waals surface area contributed by atoms with E-state index in [0.717, 1.165) is 19.4 Å². The van der Waals surface area contributed by atoms with Crippen LogP contribution in [0.1, 0.15) is 61.3 Å². The molecule has 0 unspecified atom stereocenters. The third-order valence-electron chi connectivity index (χ3n) is 4.53. The Kier molecular flexibility index (Phi) is 11.1. The molecular formula is C19H41NO5S. The van der Waals surface area contributed by atoms with Crippen LogP contribution in [-0.2, 0) is 19.1 Å². The number of carbonyl (C=O) groups is 2. The van der Waals surface area contributed by atoms with Gasteiger partial charge < -0.3 is 14.0 Å². The first-order valence-electron chi connectivity index (χ1n) is 8.79. The number of methoxy groups -OCH3 is 1. The van der Waals surface area contributed by atoms with Crippen LogP contribution in [0.3, 0.4) is 0 Å². The minimum atomic E-state index is -1.34. The number of hydrogen-bond donors (Lipinski definition) is 1. The Bertz CT molecular complexity index is 423. The third kappa shape index (κ3) is 10.4. The quantitative estimate of drug-likeness (QED) is 0.564. The van der Waals surface area contributed by atoms with Crippen LogP contribution in [0.4, 0.5) is 0 Å². The van der Waals surface area contributed by atoms with Crippen molar-refractivity contribution in [3.8, 4) is 0 Å². The van der Waals surface area contributed by atoms with Crippen molar-refractivity contribution < 1.29 is 23.6 Å². The molecule has 0 aromatic heterocycles. The average molecular weight is 396 g/mol. The standard InChI is InChI=1S/C8H15NO2.C6H16OS.C5H10O2/c1-8(7(10)11-3)5-4-6-9(8)2;1-6(2,3)8(4,5)7;1-5(2,3)7-4-6/h4-6H2,1-3H3;7H,1-5H3;4H,1-3H3/t8-;;/m0../s1. The van der Waals surface area contributed by atoms with E-state index in [9.17, 15) is 14.1 Å². The number of rotatable bonds is 2. The van der Waals surface area contributed by atoms with Crippen LogP contribution in [0.15, 0.2) is 0 Å². The smallest absolute Gasteiger partial charge is 0.325 e. The van der Waals surface area contributed by atoms with Crippen molar-refractivity contribution >= 4 is 22.8 Å². The maximum absolute atomic E-state index is 11.3. The lowest BCUT2D eigenvalue weighted by atomic mass is 10.00. The molecule has 1 rings (SSSR count). The molecule has 0 radical (unpaired) electrons. The van der Waals surface area contributed by atoms with Gasteiger partial charge in [-0.15, -0.1) is 10.3 Å². The summed E-state index contributed by atoms with van der Waals surface area (Å²) in [5.41, 5.74) is -0.684.